The second-order valence-electron chi connectivity index (χ2n) is 5.71. The largest absolute Gasteiger partial charge is 0.313 e. The topological polar surface area (TPSA) is 61.4 Å². The van der Waals surface area contributed by atoms with Crippen molar-refractivity contribution in [2.24, 2.45) is 0 Å². The van der Waals surface area contributed by atoms with Crippen LogP contribution in [0.4, 0.5) is 0 Å². The molecule has 2 atom stereocenters. The summed E-state index contributed by atoms with van der Waals surface area (Å²) in [6.45, 7) is 3.56. The van der Waals surface area contributed by atoms with Crippen molar-refractivity contribution in [3.8, 4) is 0 Å². The van der Waals surface area contributed by atoms with Crippen LogP contribution in [0.5, 0.6) is 0 Å². The second kappa shape index (κ2) is 6.87. The van der Waals surface area contributed by atoms with Gasteiger partial charge in [0.25, 0.3) is 0 Å². The first-order valence-corrected chi connectivity index (χ1v) is 8.89. The molecule has 1 fully saturated rings. The third-order valence-electron chi connectivity index (χ3n) is 4.30. The summed E-state index contributed by atoms with van der Waals surface area (Å²) < 4.78 is 27.3. The monoisotopic (exact) mass is 311 g/mol. The molecule has 1 aromatic rings. The van der Waals surface area contributed by atoms with Crippen LogP contribution in [0.2, 0.25) is 0 Å². The fraction of sp³-hybridized carbons (Fsp3) is 0.600. The standard InChI is InChI=1S/C15H25N3O2S/c1-12(16-2)13-6-8-15(9-7-13)21(19,20)17-11-14-5-4-10-18(14)3/h6-9,12,14,16-17H,4-5,10-11H2,1-3H3. The van der Waals surface area contributed by atoms with Crippen molar-refractivity contribution in [1.29, 1.82) is 0 Å². The molecule has 6 heteroatoms. The molecule has 0 aliphatic carbocycles. The lowest BCUT2D eigenvalue weighted by atomic mass is 10.1. The molecule has 0 bridgehead atoms. The number of rotatable bonds is 6. The summed E-state index contributed by atoms with van der Waals surface area (Å²) in [6, 6.07) is 7.58. The van der Waals surface area contributed by atoms with Crippen molar-refractivity contribution in [3.63, 3.8) is 0 Å². The summed E-state index contributed by atoms with van der Waals surface area (Å²) in [5, 5.41) is 3.14. The van der Waals surface area contributed by atoms with Crippen LogP contribution in [0, 0.1) is 0 Å². The van der Waals surface area contributed by atoms with E-state index in [0.29, 0.717) is 17.5 Å². The van der Waals surface area contributed by atoms with Gasteiger partial charge in [0, 0.05) is 18.6 Å². The summed E-state index contributed by atoms with van der Waals surface area (Å²) in [6.07, 6.45) is 2.19. The van der Waals surface area contributed by atoms with E-state index >= 15 is 0 Å². The predicted molar refractivity (Wildman–Crippen MR) is 84.8 cm³/mol. The molecule has 5 nitrogen and oxygen atoms in total. The van der Waals surface area contributed by atoms with Gasteiger partial charge >= 0.3 is 0 Å². The average Bonchev–Trinajstić information content (AvgIpc) is 2.90. The SMILES string of the molecule is CNC(C)c1ccc(S(=O)(=O)NCC2CCCN2C)cc1. The van der Waals surface area contributed by atoms with Gasteiger partial charge in [0.2, 0.25) is 10.0 Å². The van der Waals surface area contributed by atoms with Crippen molar-refractivity contribution in [2.45, 2.75) is 36.7 Å². The Hall–Kier alpha value is -0.950. The average molecular weight is 311 g/mol. The van der Waals surface area contributed by atoms with E-state index < -0.39 is 10.0 Å². The van der Waals surface area contributed by atoms with E-state index in [2.05, 4.69) is 14.9 Å². The molecule has 0 aromatic heterocycles. The molecule has 0 radical (unpaired) electrons. The molecule has 0 saturated carbocycles. The minimum atomic E-state index is -3.42. The first-order valence-electron chi connectivity index (χ1n) is 7.41. The Morgan fingerprint density at radius 1 is 1.33 bits per heavy atom. The molecule has 118 valence electrons. The Balaban J connectivity index is 2.02. The number of likely N-dealkylation sites (N-methyl/N-ethyl adjacent to an activating group) is 1. The second-order valence-corrected chi connectivity index (χ2v) is 7.47. The Kier molecular flexibility index (Phi) is 5.37. The smallest absolute Gasteiger partial charge is 0.240 e. The summed E-state index contributed by atoms with van der Waals surface area (Å²) in [5.74, 6) is 0. The minimum absolute atomic E-state index is 0.210. The molecule has 2 rings (SSSR count). The Bertz CT molecular complexity index is 557. The summed E-state index contributed by atoms with van der Waals surface area (Å²) in [4.78, 5) is 2.54. The third-order valence-corrected chi connectivity index (χ3v) is 5.74. The highest BCUT2D eigenvalue weighted by atomic mass is 32.2. The van der Waals surface area contributed by atoms with Crippen LogP contribution < -0.4 is 10.0 Å². The molecule has 1 heterocycles. The highest BCUT2D eigenvalue weighted by Gasteiger charge is 2.23. The van der Waals surface area contributed by atoms with E-state index in [1.807, 2.05) is 33.2 Å². The maximum Gasteiger partial charge on any atom is 0.240 e. The van der Waals surface area contributed by atoms with E-state index in [1.54, 1.807) is 12.1 Å². The number of hydrogen-bond donors (Lipinski definition) is 2. The van der Waals surface area contributed by atoms with Gasteiger partial charge in [-0.05, 0) is 58.1 Å². The van der Waals surface area contributed by atoms with Crippen LogP contribution >= 0.6 is 0 Å². The van der Waals surface area contributed by atoms with Crippen molar-refractivity contribution >= 4 is 10.0 Å². The summed E-state index contributed by atoms with van der Waals surface area (Å²) >= 11 is 0. The molecule has 21 heavy (non-hydrogen) atoms. The zero-order valence-corrected chi connectivity index (χ0v) is 13.8. The zero-order valence-electron chi connectivity index (χ0n) is 13.0. The summed E-state index contributed by atoms with van der Waals surface area (Å²) in [7, 11) is 0.508. The molecule has 1 aliphatic rings. The predicted octanol–water partition coefficient (Wildman–Crippen LogP) is 1.34. The number of sulfonamides is 1. The van der Waals surface area contributed by atoms with Gasteiger partial charge in [0.15, 0.2) is 0 Å². The lowest BCUT2D eigenvalue weighted by molar-refractivity contribution is 0.311. The van der Waals surface area contributed by atoms with Crippen molar-refractivity contribution in [1.82, 2.24) is 14.9 Å². The van der Waals surface area contributed by atoms with Gasteiger partial charge in [0.05, 0.1) is 4.90 Å². The van der Waals surface area contributed by atoms with Crippen LogP contribution in [0.25, 0.3) is 0 Å². The highest BCUT2D eigenvalue weighted by Crippen LogP contribution is 2.17. The van der Waals surface area contributed by atoms with Gasteiger partial charge in [-0.1, -0.05) is 12.1 Å². The number of hydrogen-bond acceptors (Lipinski definition) is 4. The Labute approximate surface area is 127 Å². The van der Waals surface area contributed by atoms with E-state index in [4.69, 9.17) is 0 Å². The maximum atomic E-state index is 12.3. The molecule has 0 amide bonds. The molecule has 1 aromatic carbocycles. The van der Waals surface area contributed by atoms with Crippen molar-refractivity contribution in [2.75, 3.05) is 27.2 Å². The Morgan fingerprint density at radius 2 is 2.00 bits per heavy atom. The molecular formula is C15H25N3O2S. The number of nitrogens with zero attached hydrogens (tertiary/aromatic N) is 1. The number of benzene rings is 1. The maximum absolute atomic E-state index is 12.3. The molecule has 1 saturated heterocycles. The van der Waals surface area contributed by atoms with E-state index in [0.717, 1.165) is 24.9 Å². The Morgan fingerprint density at radius 3 is 2.52 bits per heavy atom. The molecule has 0 spiro atoms. The van der Waals surface area contributed by atoms with Gasteiger partial charge in [0.1, 0.15) is 0 Å². The number of nitrogens with one attached hydrogen (secondary N) is 2. The third kappa shape index (κ3) is 4.03. The van der Waals surface area contributed by atoms with Crippen LogP contribution in [0.15, 0.2) is 29.2 Å². The van der Waals surface area contributed by atoms with Gasteiger partial charge in [-0.15, -0.1) is 0 Å². The quantitative estimate of drug-likeness (QED) is 0.832. The fourth-order valence-electron chi connectivity index (χ4n) is 2.63. The highest BCUT2D eigenvalue weighted by molar-refractivity contribution is 7.89. The van der Waals surface area contributed by atoms with Crippen molar-refractivity contribution in [3.05, 3.63) is 29.8 Å². The van der Waals surface area contributed by atoms with E-state index in [-0.39, 0.29) is 6.04 Å². The number of likely N-dealkylation sites (tertiary alicyclic amines) is 1. The first-order chi connectivity index (χ1) is 9.94. The molecule has 2 unspecified atom stereocenters. The van der Waals surface area contributed by atoms with Gasteiger partial charge < -0.3 is 10.2 Å². The van der Waals surface area contributed by atoms with Crippen LogP contribution in [0.3, 0.4) is 0 Å². The van der Waals surface area contributed by atoms with E-state index in [1.165, 1.54) is 0 Å². The van der Waals surface area contributed by atoms with Gasteiger partial charge in [-0.3, -0.25) is 0 Å². The first kappa shape index (κ1) is 16.4. The molecule has 1 aliphatic heterocycles. The normalized spacial score (nSPS) is 21.6. The fourth-order valence-corrected chi connectivity index (χ4v) is 3.70. The lowest BCUT2D eigenvalue weighted by Crippen LogP contribution is -2.38. The van der Waals surface area contributed by atoms with E-state index in [9.17, 15) is 8.42 Å². The van der Waals surface area contributed by atoms with Crippen LogP contribution in [0.1, 0.15) is 31.4 Å². The van der Waals surface area contributed by atoms with Gasteiger partial charge in [-0.25, -0.2) is 13.1 Å². The zero-order chi connectivity index (χ0) is 15.5. The molecular weight excluding hydrogens is 286 g/mol. The lowest BCUT2D eigenvalue weighted by Gasteiger charge is -2.19. The van der Waals surface area contributed by atoms with Crippen LogP contribution in [-0.4, -0.2) is 46.5 Å². The van der Waals surface area contributed by atoms with Gasteiger partial charge in [-0.2, -0.15) is 0 Å². The van der Waals surface area contributed by atoms with Crippen molar-refractivity contribution < 1.29 is 8.42 Å². The van der Waals surface area contributed by atoms with Crippen LogP contribution in [-0.2, 0) is 10.0 Å². The summed E-state index contributed by atoms with van der Waals surface area (Å²) in [5.41, 5.74) is 1.08. The minimum Gasteiger partial charge on any atom is -0.313 e. The molecule has 2 N–H and O–H groups in total.